The Kier molecular flexibility index (Phi) is 8.98. The lowest BCUT2D eigenvalue weighted by atomic mass is 9.91. The van der Waals surface area contributed by atoms with Crippen LogP contribution in [0.2, 0.25) is 0 Å². The number of nitrogens with one attached hydrogen (secondary N) is 2. The van der Waals surface area contributed by atoms with E-state index in [4.69, 9.17) is 0 Å². The highest BCUT2D eigenvalue weighted by atomic mass is 16.2. The van der Waals surface area contributed by atoms with Gasteiger partial charge in [0, 0.05) is 19.6 Å². The van der Waals surface area contributed by atoms with E-state index in [-0.39, 0.29) is 11.3 Å². The van der Waals surface area contributed by atoms with Crippen LogP contribution in [0.5, 0.6) is 0 Å². The Labute approximate surface area is 131 Å². The molecule has 124 valence electrons. The Morgan fingerprint density at radius 1 is 0.905 bits per heavy atom. The zero-order chi connectivity index (χ0) is 15.6. The third kappa shape index (κ3) is 7.85. The van der Waals surface area contributed by atoms with Crippen LogP contribution >= 0.6 is 0 Å². The smallest absolute Gasteiger partial charge is 0.226 e. The lowest BCUT2D eigenvalue weighted by Gasteiger charge is -2.27. The number of carbonyl (C=O) groups excluding carboxylic acids is 1. The predicted octanol–water partition coefficient (Wildman–Crippen LogP) is 4.02. The van der Waals surface area contributed by atoms with E-state index in [0.717, 1.165) is 6.54 Å². The van der Waals surface area contributed by atoms with Crippen molar-refractivity contribution in [1.29, 1.82) is 0 Å². The van der Waals surface area contributed by atoms with Crippen molar-refractivity contribution in [3.05, 3.63) is 0 Å². The summed E-state index contributed by atoms with van der Waals surface area (Å²) in [5, 5.41) is 6.44. The fourth-order valence-electron chi connectivity index (χ4n) is 3.19. The van der Waals surface area contributed by atoms with Crippen LogP contribution in [0.25, 0.3) is 0 Å². The summed E-state index contributed by atoms with van der Waals surface area (Å²) in [6, 6.07) is 0.591. The van der Waals surface area contributed by atoms with Crippen LogP contribution < -0.4 is 10.6 Å². The molecule has 1 aliphatic carbocycles. The molecule has 1 aliphatic rings. The summed E-state index contributed by atoms with van der Waals surface area (Å²) in [6.07, 6.45) is 15.0. The summed E-state index contributed by atoms with van der Waals surface area (Å²) >= 11 is 0. The maximum atomic E-state index is 11.9. The molecule has 1 saturated carbocycles. The summed E-state index contributed by atoms with van der Waals surface area (Å²) in [6.45, 7) is 4.82. The first kappa shape index (κ1) is 18.5. The molecule has 21 heavy (non-hydrogen) atoms. The van der Waals surface area contributed by atoms with E-state index in [0.29, 0.717) is 6.04 Å². The van der Waals surface area contributed by atoms with Crippen LogP contribution in [-0.4, -0.2) is 25.5 Å². The third-order valence-electron chi connectivity index (χ3n) is 4.78. The van der Waals surface area contributed by atoms with Crippen molar-refractivity contribution in [3.63, 3.8) is 0 Å². The minimum Gasteiger partial charge on any atom is -0.359 e. The average Bonchev–Trinajstić information content (AvgIpc) is 2.45. The largest absolute Gasteiger partial charge is 0.359 e. The highest BCUT2D eigenvalue weighted by Crippen LogP contribution is 2.19. The van der Waals surface area contributed by atoms with E-state index < -0.39 is 0 Å². The molecule has 0 aromatic carbocycles. The van der Waals surface area contributed by atoms with E-state index in [2.05, 4.69) is 10.6 Å². The van der Waals surface area contributed by atoms with Crippen LogP contribution in [0.3, 0.4) is 0 Å². The van der Waals surface area contributed by atoms with Crippen molar-refractivity contribution in [2.24, 2.45) is 5.41 Å². The van der Waals surface area contributed by atoms with Gasteiger partial charge in [-0.1, -0.05) is 57.8 Å². The molecule has 1 fully saturated rings. The van der Waals surface area contributed by atoms with E-state index >= 15 is 0 Å². The van der Waals surface area contributed by atoms with Gasteiger partial charge in [-0.3, -0.25) is 4.79 Å². The normalized spacial score (nSPS) is 20.3. The van der Waals surface area contributed by atoms with Gasteiger partial charge in [0.25, 0.3) is 0 Å². The first-order valence-electron chi connectivity index (χ1n) is 9.02. The molecule has 0 aromatic heterocycles. The molecule has 0 aliphatic heterocycles. The topological polar surface area (TPSA) is 41.1 Å². The van der Waals surface area contributed by atoms with Gasteiger partial charge in [0.1, 0.15) is 0 Å². The Morgan fingerprint density at radius 2 is 1.33 bits per heavy atom. The standard InChI is InChI=1S/C18H36N2O/c1-18(2,17(21)19-3)15-20-16-13-11-9-7-5-4-6-8-10-12-14-16/h16,20H,4-15H2,1-3H3,(H,19,21). The molecule has 0 bridgehead atoms. The molecule has 1 amide bonds. The van der Waals surface area contributed by atoms with Gasteiger partial charge >= 0.3 is 0 Å². The number of hydrogen-bond donors (Lipinski definition) is 2. The summed E-state index contributed by atoms with van der Waals surface area (Å²) in [5.41, 5.74) is -0.321. The second-order valence-corrected chi connectivity index (χ2v) is 7.30. The van der Waals surface area contributed by atoms with Crippen LogP contribution in [0.15, 0.2) is 0 Å². The van der Waals surface area contributed by atoms with Crippen molar-refractivity contribution >= 4 is 5.91 Å². The number of rotatable bonds is 4. The van der Waals surface area contributed by atoms with E-state index in [1.54, 1.807) is 7.05 Å². The highest BCUT2D eigenvalue weighted by Gasteiger charge is 2.27. The second kappa shape index (κ2) is 10.2. The lowest BCUT2D eigenvalue weighted by molar-refractivity contribution is -0.128. The molecule has 0 heterocycles. The molecule has 0 saturated heterocycles. The molecule has 0 aromatic rings. The Bertz CT molecular complexity index is 277. The van der Waals surface area contributed by atoms with Gasteiger partial charge in [0.15, 0.2) is 0 Å². The molecule has 3 heteroatoms. The van der Waals surface area contributed by atoms with Gasteiger partial charge in [-0.05, 0) is 26.7 Å². The number of carbonyl (C=O) groups is 1. The van der Waals surface area contributed by atoms with Gasteiger partial charge < -0.3 is 10.6 Å². The van der Waals surface area contributed by atoms with Crippen LogP contribution in [0.1, 0.15) is 84.5 Å². The van der Waals surface area contributed by atoms with Gasteiger partial charge in [-0.15, -0.1) is 0 Å². The molecule has 0 radical (unpaired) electrons. The number of amides is 1. The summed E-state index contributed by atoms with van der Waals surface area (Å²) in [5.74, 6) is 0.128. The fraction of sp³-hybridized carbons (Fsp3) is 0.944. The van der Waals surface area contributed by atoms with Crippen molar-refractivity contribution in [3.8, 4) is 0 Å². The van der Waals surface area contributed by atoms with Crippen molar-refractivity contribution in [2.45, 2.75) is 90.5 Å². The second-order valence-electron chi connectivity index (χ2n) is 7.30. The van der Waals surface area contributed by atoms with Gasteiger partial charge in [0.2, 0.25) is 5.91 Å². The van der Waals surface area contributed by atoms with E-state index in [1.165, 1.54) is 70.6 Å². The maximum Gasteiger partial charge on any atom is 0.226 e. The Morgan fingerprint density at radius 3 is 1.76 bits per heavy atom. The SMILES string of the molecule is CNC(=O)C(C)(C)CNC1CCCCCCCCCCC1. The molecule has 0 spiro atoms. The lowest BCUT2D eigenvalue weighted by Crippen LogP contribution is -2.45. The summed E-state index contributed by atoms with van der Waals surface area (Å²) in [7, 11) is 1.72. The molecular formula is C18H36N2O. The van der Waals surface area contributed by atoms with E-state index in [1.807, 2.05) is 13.8 Å². The van der Waals surface area contributed by atoms with Crippen molar-refractivity contribution in [1.82, 2.24) is 10.6 Å². The highest BCUT2D eigenvalue weighted by molar-refractivity contribution is 5.81. The quantitative estimate of drug-likeness (QED) is 0.822. The maximum absolute atomic E-state index is 11.9. The summed E-state index contributed by atoms with van der Waals surface area (Å²) < 4.78 is 0. The number of hydrogen-bond acceptors (Lipinski definition) is 2. The molecule has 0 unspecified atom stereocenters. The molecular weight excluding hydrogens is 260 g/mol. The van der Waals surface area contributed by atoms with Gasteiger partial charge in [-0.25, -0.2) is 0 Å². The Balaban J connectivity index is 2.39. The predicted molar refractivity (Wildman–Crippen MR) is 90.4 cm³/mol. The minimum absolute atomic E-state index is 0.128. The average molecular weight is 296 g/mol. The van der Waals surface area contributed by atoms with Crippen LogP contribution in [0.4, 0.5) is 0 Å². The summed E-state index contributed by atoms with van der Waals surface area (Å²) in [4.78, 5) is 11.9. The van der Waals surface area contributed by atoms with Gasteiger partial charge in [0.05, 0.1) is 5.41 Å². The molecule has 0 atom stereocenters. The molecule has 2 N–H and O–H groups in total. The Hall–Kier alpha value is -0.570. The van der Waals surface area contributed by atoms with E-state index in [9.17, 15) is 4.79 Å². The van der Waals surface area contributed by atoms with Crippen LogP contribution in [0, 0.1) is 5.41 Å². The van der Waals surface area contributed by atoms with Crippen molar-refractivity contribution < 1.29 is 4.79 Å². The zero-order valence-electron chi connectivity index (χ0n) is 14.5. The monoisotopic (exact) mass is 296 g/mol. The zero-order valence-corrected chi connectivity index (χ0v) is 14.5. The first-order chi connectivity index (χ1) is 10.1. The molecule has 1 rings (SSSR count). The van der Waals surface area contributed by atoms with Crippen LogP contribution in [-0.2, 0) is 4.79 Å². The minimum atomic E-state index is -0.321. The first-order valence-corrected chi connectivity index (χ1v) is 9.02. The third-order valence-corrected chi connectivity index (χ3v) is 4.78. The fourth-order valence-corrected chi connectivity index (χ4v) is 3.19. The van der Waals surface area contributed by atoms with Crippen molar-refractivity contribution in [2.75, 3.05) is 13.6 Å². The van der Waals surface area contributed by atoms with Gasteiger partial charge in [-0.2, -0.15) is 0 Å². The molecule has 3 nitrogen and oxygen atoms in total.